The van der Waals surface area contributed by atoms with E-state index in [1.54, 1.807) is 0 Å². The number of nitrogens with zero attached hydrogens (tertiary/aromatic N) is 1. The van der Waals surface area contributed by atoms with E-state index in [-0.39, 0.29) is 0 Å². The summed E-state index contributed by atoms with van der Waals surface area (Å²) in [5, 5.41) is 4.83. The molecule has 3 heterocycles. The zero-order valence-electron chi connectivity index (χ0n) is 11.5. The predicted molar refractivity (Wildman–Crippen MR) is 76.7 cm³/mol. The molecule has 3 atom stereocenters. The van der Waals surface area contributed by atoms with Gasteiger partial charge >= 0.3 is 0 Å². The van der Waals surface area contributed by atoms with Gasteiger partial charge in [-0.25, -0.2) is 4.98 Å². The third kappa shape index (κ3) is 2.24. The van der Waals surface area contributed by atoms with E-state index in [0.29, 0.717) is 18.1 Å². The van der Waals surface area contributed by atoms with Crippen LogP contribution in [0.5, 0.6) is 0 Å². The van der Waals surface area contributed by atoms with Crippen molar-refractivity contribution in [2.24, 2.45) is 0 Å². The highest BCUT2D eigenvalue weighted by Gasteiger charge is 2.43. The van der Waals surface area contributed by atoms with E-state index in [9.17, 15) is 0 Å². The Morgan fingerprint density at radius 2 is 2.21 bits per heavy atom. The molecule has 4 heteroatoms. The molecule has 1 N–H and O–H groups in total. The van der Waals surface area contributed by atoms with Crippen molar-refractivity contribution in [1.29, 1.82) is 0 Å². The van der Waals surface area contributed by atoms with Crippen molar-refractivity contribution >= 4 is 11.3 Å². The van der Waals surface area contributed by atoms with Crippen LogP contribution in [0.1, 0.15) is 66.4 Å². The van der Waals surface area contributed by atoms with E-state index in [0.717, 1.165) is 19.0 Å². The second-order valence-corrected chi connectivity index (χ2v) is 7.25. The summed E-state index contributed by atoms with van der Waals surface area (Å²) in [5.74, 6) is 1.36. The summed E-state index contributed by atoms with van der Waals surface area (Å²) in [6, 6.07) is 0. The van der Waals surface area contributed by atoms with Crippen LogP contribution in [-0.2, 0) is 11.3 Å². The summed E-state index contributed by atoms with van der Waals surface area (Å²) in [4.78, 5) is 6.51. The minimum Gasteiger partial charge on any atom is -0.374 e. The molecule has 1 aromatic heterocycles. The molecule has 3 unspecified atom stereocenters. The lowest BCUT2D eigenvalue weighted by Crippen LogP contribution is -2.14. The largest absolute Gasteiger partial charge is 0.374 e. The van der Waals surface area contributed by atoms with Crippen LogP contribution in [0.4, 0.5) is 0 Å². The summed E-state index contributed by atoms with van der Waals surface area (Å²) < 4.78 is 6.00. The summed E-state index contributed by atoms with van der Waals surface area (Å²) in [5.41, 5.74) is 1.41. The van der Waals surface area contributed by atoms with Gasteiger partial charge in [0.05, 0.1) is 22.9 Å². The fourth-order valence-corrected chi connectivity index (χ4v) is 4.77. The molecule has 2 aliphatic heterocycles. The minimum atomic E-state index is 0.468. The van der Waals surface area contributed by atoms with Crippen molar-refractivity contribution < 1.29 is 4.74 Å². The Kier molecular flexibility index (Phi) is 3.13. The Labute approximate surface area is 118 Å². The molecule has 1 aromatic rings. The fourth-order valence-electron chi connectivity index (χ4n) is 3.48. The first-order valence-electron chi connectivity index (χ1n) is 7.70. The normalized spacial score (nSPS) is 33.2. The Hall–Kier alpha value is -0.450. The first kappa shape index (κ1) is 12.3. The second-order valence-electron chi connectivity index (χ2n) is 6.13. The van der Waals surface area contributed by atoms with Gasteiger partial charge in [0.1, 0.15) is 0 Å². The molecule has 0 aromatic carbocycles. The number of aromatic nitrogens is 1. The van der Waals surface area contributed by atoms with E-state index in [2.05, 4.69) is 12.2 Å². The van der Waals surface area contributed by atoms with Gasteiger partial charge < -0.3 is 10.1 Å². The highest BCUT2D eigenvalue weighted by atomic mass is 32.1. The summed E-state index contributed by atoms with van der Waals surface area (Å²) in [6.45, 7) is 4.21. The van der Waals surface area contributed by atoms with Crippen LogP contribution in [-0.4, -0.2) is 23.7 Å². The molecular formula is C15H22N2OS. The molecule has 3 fully saturated rings. The maximum absolute atomic E-state index is 6.00. The number of nitrogens with one attached hydrogen (secondary N) is 1. The van der Waals surface area contributed by atoms with Gasteiger partial charge in [0, 0.05) is 23.3 Å². The Morgan fingerprint density at radius 1 is 1.32 bits per heavy atom. The number of hydrogen-bond acceptors (Lipinski definition) is 4. The average Bonchev–Trinajstić information content (AvgIpc) is 2.89. The first-order chi connectivity index (χ1) is 9.35. The van der Waals surface area contributed by atoms with Crippen LogP contribution in [0.3, 0.4) is 0 Å². The third-order valence-corrected chi connectivity index (χ3v) is 5.87. The topological polar surface area (TPSA) is 34.1 Å². The van der Waals surface area contributed by atoms with Crippen LogP contribution in [0, 0.1) is 0 Å². The lowest BCUT2D eigenvalue weighted by molar-refractivity contribution is 0.100. The van der Waals surface area contributed by atoms with Gasteiger partial charge in [0.25, 0.3) is 0 Å². The van der Waals surface area contributed by atoms with E-state index < -0.39 is 0 Å². The molecule has 1 saturated carbocycles. The smallest absolute Gasteiger partial charge is 0.0989 e. The molecule has 2 saturated heterocycles. The maximum atomic E-state index is 6.00. The van der Waals surface area contributed by atoms with Gasteiger partial charge in [0.2, 0.25) is 0 Å². The molecule has 104 valence electrons. The van der Waals surface area contributed by atoms with Gasteiger partial charge in [-0.3, -0.25) is 0 Å². The highest BCUT2D eigenvalue weighted by Crippen LogP contribution is 2.48. The van der Waals surface area contributed by atoms with Crippen molar-refractivity contribution in [2.75, 3.05) is 6.54 Å². The summed E-state index contributed by atoms with van der Waals surface area (Å²) >= 11 is 1.95. The zero-order chi connectivity index (χ0) is 12.8. The van der Waals surface area contributed by atoms with Crippen molar-refractivity contribution in [3.63, 3.8) is 0 Å². The zero-order valence-corrected chi connectivity index (χ0v) is 12.3. The van der Waals surface area contributed by atoms with Crippen LogP contribution in [0.25, 0.3) is 0 Å². The Bertz CT molecular complexity index is 469. The summed E-state index contributed by atoms with van der Waals surface area (Å²) in [7, 11) is 0. The van der Waals surface area contributed by atoms with Crippen LogP contribution >= 0.6 is 11.3 Å². The molecule has 19 heavy (non-hydrogen) atoms. The quantitative estimate of drug-likeness (QED) is 0.898. The standard InChI is InChI=1S/C15H22N2OS/c1-2-16-8-13-14(9-3-4-9)17-15(19-13)11-7-10-5-6-12(11)18-10/h9-12,16H,2-8H2,1H3. The molecule has 2 bridgehead atoms. The maximum Gasteiger partial charge on any atom is 0.0989 e. The number of fused-ring (bicyclic) bond motifs is 2. The Morgan fingerprint density at radius 3 is 2.84 bits per heavy atom. The molecule has 3 aliphatic rings. The molecule has 1 aliphatic carbocycles. The van der Waals surface area contributed by atoms with E-state index >= 15 is 0 Å². The van der Waals surface area contributed by atoms with Gasteiger partial charge in [0.15, 0.2) is 0 Å². The fraction of sp³-hybridized carbons (Fsp3) is 0.800. The van der Waals surface area contributed by atoms with Gasteiger partial charge in [-0.15, -0.1) is 11.3 Å². The van der Waals surface area contributed by atoms with E-state index in [1.165, 1.54) is 47.7 Å². The van der Waals surface area contributed by atoms with E-state index in [4.69, 9.17) is 9.72 Å². The number of hydrogen-bond donors (Lipinski definition) is 1. The summed E-state index contributed by atoms with van der Waals surface area (Å²) in [6.07, 6.45) is 7.41. The van der Waals surface area contributed by atoms with Crippen LogP contribution in [0.15, 0.2) is 0 Å². The first-order valence-corrected chi connectivity index (χ1v) is 8.52. The van der Waals surface area contributed by atoms with Gasteiger partial charge in [-0.05, 0) is 38.6 Å². The van der Waals surface area contributed by atoms with Crippen LogP contribution < -0.4 is 5.32 Å². The predicted octanol–water partition coefficient (Wildman–Crippen LogP) is 3.16. The van der Waals surface area contributed by atoms with Crippen molar-refractivity contribution in [3.8, 4) is 0 Å². The van der Waals surface area contributed by atoms with Crippen molar-refractivity contribution in [2.45, 2.75) is 69.6 Å². The molecule has 3 nitrogen and oxygen atoms in total. The molecule has 0 amide bonds. The Balaban J connectivity index is 1.58. The SMILES string of the molecule is CCNCc1sc(C2CC3CCC2O3)nc1C1CC1. The van der Waals surface area contributed by atoms with Gasteiger partial charge in [-0.1, -0.05) is 6.92 Å². The van der Waals surface area contributed by atoms with Crippen molar-refractivity contribution in [3.05, 3.63) is 15.6 Å². The average molecular weight is 278 g/mol. The number of ether oxygens (including phenoxy) is 1. The lowest BCUT2D eigenvalue weighted by Gasteiger charge is -2.15. The minimum absolute atomic E-state index is 0.468. The number of thiazole rings is 1. The molecule has 0 spiro atoms. The monoisotopic (exact) mass is 278 g/mol. The van der Waals surface area contributed by atoms with Gasteiger partial charge in [-0.2, -0.15) is 0 Å². The van der Waals surface area contributed by atoms with E-state index in [1.807, 2.05) is 11.3 Å². The lowest BCUT2D eigenvalue weighted by atomic mass is 9.90. The van der Waals surface area contributed by atoms with Crippen LogP contribution in [0.2, 0.25) is 0 Å². The highest BCUT2D eigenvalue weighted by molar-refractivity contribution is 7.11. The van der Waals surface area contributed by atoms with Crippen molar-refractivity contribution in [1.82, 2.24) is 10.3 Å². The second kappa shape index (κ2) is 4.83. The number of rotatable bonds is 5. The molecule has 4 rings (SSSR count). The molecule has 0 radical (unpaired) electrons. The molecular weight excluding hydrogens is 256 g/mol. The third-order valence-electron chi connectivity index (χ3n) is 4.67.